The van der Waals surface area contributed by atoms with Crippen molar-refractivity contribution in [3.05, 3.63) is 0 Å². The monoisotopic (exact) mass is 317 g/mol. The summed E-state index contributed by atoms with van der Waals surface area (Å²) in [6.07, 6.45) is 4.92. The standard InChI is InChI=1S/C16H31N3O.ClH/c1-3-17-11-15-6-9-18(10-7-15)13-16(20)19-8-4-5-14(2)12-19;/h14-15,17H,3-13H2,1-2H3;1H. The van der Waals surface area contributed by atoms with Crippen LogP contribution in [0.1, 0.15) is 39.5 Å². The molecule has 1 unspecified atom stereocenters. The molecule has 0 radical (unpaired) electrons. The fraction of sp³-hybridized carbons (Fsp3) is 0.938. The first kappa shape index (κ1) is 18.7. The number of hydrogen-bond acceptors (Lipinski definition) is 3. The van der Waals surface area contributed by atoms with Gasteiger partial charge in [0, 0.05) is 13.1 Å². The number of piperidine rings is 2. The largest absolute Gasteiger partial charge is 0.341 e. The van der Waals surface area contributed by atoms with Gasteiger partial charge in [0.15, 0.2) is 0 Å². The molecule has 124 valence electrons. The molecule has 2 fully saturated rings. The summed E-state index contributed by atoms with van der Waals surface area (Å²) < 4.78 is 0. The number of rotatable bonds is 5. The maximum Gasteiger partial charge on any atom is 0.236 e. The van der Waals surface area contributed by atoms with E-state index in [2.05, 4.69) is 29.0 Å². The van der Waals surface area contributed by atoms with Gasteiger partial charge in [-0.15, -0.1) is 12.4 Å². The lowest BCUT2D eigenvalue weighted by molar-refractivity contribution is -0.134. The van der Waals surface area contributed by atoms with E-state index in [0.29, 0.717) is 18.4 Å². The summed E-state index contributed by atoms with van der Waals surface area (Å²) >= 11 is 0. The lowest BCUT2D eigenvalue weighted by Crippen LogP contribution is -2.47. The van der Waals surface area contributed by atoms with Gasteiger partial charge < -0.3 is 10.2 Å². The van der Waals surface area contributed by atoms with Crippen LogP contribution < -0.4 is 5.32 Å². The predicted octanol–water partition coefficient (Wildman–Crippen LogP) is 1.99. The minimum absolute atomic E-state index is 0. The average molecular weight is 318 g/mol. The summed E-state index contributed by atoms with van der Waals surface area (Å²) in [7, 11) is 0. The van der Waals surface area contributed by atoms with Gasteiger partial charge >= 0.3 is 0 Å². The molecule has 0 aliphatic carbocycles. The van der Waals surface area contributed by atoms with Crippen LogP contribution in [0.3, 0.4) is 0 Å². The number of hydrogen-bond donors (Lipinski definition) is 1. The molecule has 0 aromatic heterocycles. The van der Waals surface area contributed by atoms with Crippen LogP contribution in [0.2, 0.25) is 0 Å². The second kappa shape index (κ2) is 9.65. The van der Waals surface area contributed by atoms with Crippen LogP contribution in [0.15, 0.2) is 0 Å². The first-order valence-electron chi connectivity index (χ1n) is 8.40. The molecule has 1 N–H and O–H groups in total. The second-order valence-electron chi connectivity index (χ2n) is 6.61. The highest BCUT2D eigenvalue weighted by Crippen LogP contribution is 2.18. The number of carbonyl (C=O) groups excluding carboxylic acids is 1. The molecule has 2 aliphatic heterocycles. The van der Waals surface area contributed by atoms with Gasteiger partial charge in [0.05, 0.1) is 6.54 Å². The zero-order valence-corrected chi connectivity index (χ0v) is 14.5. The number of halogens is 1. The predicted molar refractivity (Wildman–Crippen MR) is 89.9 cm³/mol. The van der Waals surface area contributed by atoms with Crippen LogP contribution in [-0.4, -0.2) is 61.5 Å². The van der Waals surface area contributed by atoms with Gasteiger partial charge in [-0.2, -0.15) is 0 Å². The normalized spacial score (nSPS) is 24.7. The summed E-state index contributed by atoms with van der Waals surface area (Å²) in [4.78, 5) is 16.8. The van der Waals surface area contributed by atoms with Crippen LogP contribution in [0.4, 0.5) is 0 Å². The van der Waals surface area contributed by atoms with Crippen molar-refractivity contribution < 1.29 is 4.79 Å². The van der Waals surface area contributed by atoms with E-state index < -0.39 is 0 Å². The van der Waals surface area contributed by atoms with Crippen LogP contribution in [-0.2, 0) is 4.79 Å². The molecule has 1 atom stereocenters. The minimum atomic E-state index is 0. The third kappa shape index (κ3) is 6.13. The highest BCUT2D eigenvalue weighted by Gasteiger charge is 2.25. The Hall–Kier alpha value is -0.320. The van der Waals surface area contributed by atoms with Crippen LogP contribution >= 0.6 is 12.4 Å². The molecular formula is C16H32ClN3O. The molecule has 4 nitrogen and oxygen atoms in total. The van der Waals surface area contributed by atoms with E-state index in [9.17, 15) is 4.79 Å². The highest BCUT2D eigenvalue weighted by molar-refractivity contribution is 5.85. The third-order valence-electron chi connectivity index (χ3n) is 4.76. The third-order valence-corrected chi connectivity index (χ3v) is 4.76. The number of carbonyl (C=O) groups is 1. The van der Waals surface area contributed by atoms with E-state index in [-0.39, 0.29) is 12.4 Å². The molecular weight excluding hydrogens is 286 g/mol. The Bertz CT molecular complexity index is 306. The van der Waals surface area contributed by atoms with E-state index in [1.165, 1.54) is 25.7 Å². The first-order chi connectivity index (χ1) is 9.69. The van der Waals surface area contributed by atoms with Gasteiger partial charge in [-0.25, -0.2) is 0 Å². The zero-order chi connectivity index (χ0) is 14.4. The molecule has 0 saturated carbocycles. The number of nitrogens with one attached hydrogen (secondary N) is 1. The SMILES string of the molecule is CCNCC1CCN(CC(=O)N2CCCC(C)C2)CC1.Cl. The maximum absolute atomic E-state index is 12.3. The number of nitrogens with zero attached hydrogens (tertiary/aromatic N) is 2. The van der Waals surface area contributed by atoms with Gasteiger partial charge in [0.25, 0.3) is 0 Å². The zero-order valence-electron chi connectivity index (χ0n) is 13.6. The molecule has 2 saturated heterocycles. The number of amides is 1. The summed E-state index contributed by atoms with van der Waals surface area (Å²) in [5, 5.41) is 3.44. The Morgan fingerprint density at radius 1 is 1.19 bits per heavy atom. The van der Waals surface area contributed by atoms with E-state index in [1.54, 1.807) is 0 Å². The van der Waals surface area contributed by atoms with E-state index in [1.807, 2.05) is 0 Å². The van der Waals surface area contributed by atoms with E-state index >= 15 is 0 Å². The summed E-state index contributed by atoms with van der Waals surface area (Å²) in [5.41, 5.74) is 0. The second-order valence-corrected chi connectivity index (χ2v) is 6.61. The molecule has 2 rings (SSSR count). The van der Waals surface area contributed by atoms with Gasteiger partial charge in [-0.3, -0.25) is 9.69 Å². The van der Waals surface area contributed by atoms with Crippen molar-refractivity contribution in [3.63, 3.8) is 0 Å². The van der Waals surface area contributed by atoms with E-state index in [0.717, 1.165) is 45.2 Å². The molecule has 1 amide bonds. The fourth-order valence-electron chi connectivity index (χ4n) is 3.40. The molecule has 0 bridgehead atoms. The summed E-state index contributed by atoms with van der Waals surface area (Å²) in [6, 6.07) is 0. The Kier molecular flexibility index (Phi) is 8.60. The lowest BCUT2D eigenvalue weighted by Gasteiger charge is -2.35. The smallest absolute Gasteiger partial charge is 0.236 e. The Morgan fingerprint density at radius 2 is 1.90 bits per heavy atom. The van der Waals surface area contributed by atoms with Crippen LogP contribution in [0.5, 0.6) is 0 Å². The number of likely N-dealkylation sites (tertiary alicyclic amines) is 2. The van der Waals surface area contributed by atoms with Crippen molar-refractivity contribution in [1.82, 2.24) is 15.1 Å². The average Bonchev–Trinajstić information content (AvgIpc) is 2.46. The van der Waals surface area contributed by atoms with Crippen molar-refractivity contribution in [3.8, 4) is 0 Å². The first-order valence-corrected chi connectivity index (χ1v) is 8.40. The van der Waals surface area contributed by atoms with Gasteiger partial charge in [-0.05, 0) is 63.7 Å². The Morgan fingerprint density at radius 3 is 2.52 bits per heavy atom. The lowest BCUT2D eigenvalue weighted by atomic mass is 9.96. The maximum atomic E-state index is 12.3. The van der Waals surface area contributed by atoms with Crippen LogP contribution in [0.25, 0.3) is 0 Å². The molecule has 5 heteroatoms. The van der Waals surface area contributed by atoms with Crippen molar-refractivity contribution in [2.24, 2.45) is 11.8 Å². The fourth-order valence-corrected chi connectivity index (χ4v) is 3.40. The molecule has 0 aromatic carbocycles. The van der Waals surface area contributed by atoms with Crippen molar-refractivity contribution >= 4 is 18.3 Å². The van der Waals surface area contributed by atoms with Gasteiger partial charge in [0.2, 0.25) is 5.91 Å². The van der Waals surface area contributed by atoms with Crippen molar-refractivity contribution in [2.75, 3.05) is 45.8 Å². The van der Waals surface area contributed by atoms with Crippen molar-refractivity contribution in [1.29, 1.82) is 0 Å². The Labute approximate surface area is 136 Å². The molecule has 0 spiro atoms. The Balaban J connectivity index is 0.00000220. The molecule has 2 heterocycles. The quantitative estimate of drug-likeness (QED) is 0.842. The molecule has 2 aliphatic rings. The van der Waals surface area contributed by atoms with Gasteiger partial charge in [0.1, 0.15) is 0 Å². The summed E-state index contributed by atoms with van der Waals surface area (Å²) in [5.74, 6) is 1.83. The minimum Gasteiger partial charge on any atom is -0.341 e. The van der Waals surface area contributed by atoms with Crippen LogP contribution in [0, 0.1) is 11.8 Å². The molecule has 21 heavy (non-hydrogen) atoms. The van der Waals surface area contributed by atoms with Gasteiger partial charge in [-0.1, -0.05) is 13.8 Å². The van der Waals surface area contributed by atoms with E-state index in [4.69, 9.17) is 0 Å². The topological polar surface area (TPSA) is 35.6 Å². The summed E-state index contributed by atoms with van der Waals surface area (Å²) in [6.45, 7) is 11.4. The van der Waals surface area contributed by atoms with Crippen molar-refractivity contribution in [2.45, 2.75) is 39.5 Å². The molecule has 0 aromatic rings. The highest BCUT2D eigenvalue weighted by atomic mass is 35.5.